The highest BCUT2D eigenvalue weighted by Crippen LogP contribution is 2.02. The minimum absolute atomic E-state index is 0.322. The number of hydrogen-bond donors (Lipinski definition) is 3. The van der Waals surface area contributed by atoms with Crippen molar-refractivity contribution >= 4 is 12.8 Å². The van der Waals surface area contributed by atoms with E-state index in [1.165, 1.54) is 6.42 Å². The van der Waals surface area contributed by atoms with Crippen molar-refractivity contribution in [2.45, 2.75) is 20.3 Å². The molecule has 5 heteroatoms. The molecule has 0 saturated heterocycles. The van der Waals surface area contributed by atoms with Gasteiger partial charge in [-0.1, -0.05) is 38.5 Å². The standard InChI is InChI=1S/C6H6O.C3H8.CH4N2O.CH2O/c7-6-4-2-1-3-5-6;1-3-2;2-1(3)4;1-2/h1-5,7H;3H2,1-2H3;(H4,2,3,4);1H2. The number of aromatic hydroxyl groups is 1. The summed E-state index contributed by atoms with van der Waals surface area (Å²) in [5.41, 5.74) is 8.50. The first kappa shape index (κ1) is 19.5. The third-order valence-corrected chi connectivity index (χ3v) is 0.756. The van der Waals surface area contributed by atoms with E-state index in [1.807, 2.05) is 12.9 Å². The largest absolute Gasteiger partial charge is 0.508 e. The van der Waals surface area contributed by atoms with Crippen LogP contribution in [0.15, 0.2) is 30.3 Å². The lowest BCUT2D eigenvalue weighted by Crippen LogP contribution is -2.18. The molecule has 0 atom stereocenters. The molecule has 0 fully saturated rings. The number of urea groups is 1. The smallest absolute Gasteiger partial charge is 0.309 e. The summed E-state index contributed by atoms with van der Waals surface area (Å²) in [5, 5.41) is 8.63. The average Bonchev–Trinajstić information content (AvgIpc) is 2.22. The number of nitrogens with two attached hydrogens (primary N) is 2. The Morgan fingerprint density at radius 1 is 1.19 bits per heavy atom. The summed E-state index contributed by atoms with van der Waals surface area (Å²) in [6.45, 7) is 6.25. The fourth-order valence-electron chi connectivity index (χ4n) is 0.428. The number of phenolic OH excluding ortho intramolecular Hbond substituents is 1. The minimum atomic E-state index is -0.833. The first-order valence-electron chi connectivity index (χ1n) is 4.62. The number of carbonyl (C=O) groups is 2. The molecule has 5 nitrogen and oxygen atoms in total. The van der Waals surface area contributed by atoms with E-state index in [1.54, 1.807) is 24.3 Å². The molecule has 1 aromatic carbocycles. The third kappa shape index (κ3) is 40.4. The Bertz CT molecular complexity index is 236. The minimum Gasteiger partial charge on any atom is -0.508 e. The Morgan fingerprint density at radius 2 is 1.44 bits per heavy atom. The van der Waals surface area contributed by atoms with Gasteiger partial charge in [0.1, 0.15) is 12.5 Å². The number of rotatable bonds is 0. The first-order valence-corrected chi connectivity index (χ1v) is 4.62. The van der Waals surface area contributed by atoms with Gasteiger partial charge in [0.25, 0.3) is 0 Å². The molecule has 0 saturated carbocycles. The van der Waals surface area contributed by atoms with Gasteiger partial charge in [-0.25, -0.2) is 4.79 Å². The maximum atomic E-state index is 9.00. The Hall–Kier alpha value is -2.04. The molecule has 0 spiro atoms. The molecule has 0 aliphatic carbocycles. The summed E-state index contributed by atoms with van der Waals surface area (Å²) in [4.78, 5) is 17.0. The van der Waals surface area contributed by atoms with Gasteiger partial charge in [0.05, 0.1) is 0 Å². The highest BCUT2D eigenvalue weighted by atomic mass is 16.3. The van der Waals surface area contributed by atoms with Crippen molar-refractivity contribution in [3.8, 4) is 5.75 Å². The van der Waals surface area contributed by atoms with Crippen LogP contribution in [-0.4, -0.2) is 17.9 Å². The number of primary amides is 2. The highest BCUT2D eigenvalue weighted by Gasteiger charge is 1.74. The van der Waals surface area contributed by atoms with Gasteiger partial charge in [-0.2, -0.15) is 0 Å². The van der Waals surface area contributed by atoms with Crippen LogP contribution in [-0.2, 0) is 4.79 Å². The van der Waals surface area contributed by atoms with Crippen LogP contribution in [0.5, 0.6) is 5.75 Å². The monoisotopic (exact) mass is 228 g/mol. The van der Waals surface area contributed by atoms with E-state index >= 15 is 0 Å². The topological polar surface area (TPSA) is 106 Å². The number of amides is 2. The lowest BCUT2D eigenvalue weighted by molar-refractivity contribution is -0.0979. The lowest BCUT2D eigenvalue weighted by Gasteiger charge is -1.82. The van der Waals surface area contributed by atoms with Crippen LogP contribution in [0.3, 0.4) is 0 Å². The van der Waals surface area contributed by atoms with Gasteiger partial charge in [-0.15, -0.1) is 0 Å². The van der Waals surface area contributed by atoms with Crippen LogP contribution < -0.4 is 11.5 Å². The molecule has 92 valence electrons. The van der Waals surface area contributed by atoms with E-state index in [2.05, 4.69) is 25.3 Å². The summed E-state index contributed by atoms with van der Waals surface area (Å²) >= 11 is 0. The third-order valence-electron chi connectivity index (χ3n) is 0.756. The van der Waals surface area contributed by atoms with Gasteiger partial charge in [0, 0.05) is 0 Å². The summed E-state index contributed by atoms with van der Waals surface area (Å²) in [6, 6.07) is 7.88. The van der Waals surface area contributed by atoms with Crippen LogP contribution in [0.4, 0.5) is 4.79 Å². The fraction of sp³-hybridized carbons (Fsp3) is 0.273. The van der Waals surface area contributed by atoms with Crippen LogP contribution >= 0.6 is 0 Å². The fourth-order valence-corrected chi connectivity index (χ4v) is 0.428. The van der Waals surface area contributed by atoms with E-state index < -0.39 is 6.03 Å². The van der Waals surface area contributed by atoms with E-state index in [4.69, 9.17) is 14.7 Å². The Kier molecular flexibility index (Phi) is 22.8. The zero-order valence-electron chi connectivity index (χ0n) is 9.72. The molecular weight excluding hydrogens is 208 g/mol. The van der Waals surface area contributed by atoms with Crippen molar-refractivity contribution in [1.82, 2.24) is 0 Å². The van der Waals surface area contributed by atoms with Crippen molar-refractivity contribution in [2.24, 2.45) is 11.5 Å². The average molecular weight is 228 g/mol. The molecule has 2 amide bonds. The number of benzene rings is 1. The van der Waals surface area contributed by atoms with Crippen molar-refractivity contribution < 1.29 is 14.7 Å². The van der Waals surface area contributed by atoms with Crippen molar-refractivity contribution in [3.05, 3.63) is 30.3 Å². The molecule has 0 aliphatic heterocycles. The molecule has 0 unspecified atom stereocenters. The molecule has 0 radical (unpaired) electrons. The molecule has 0 heterocycles. The predicted molar refractivity (Wildman–Crippen MR) is 65.0 cm³/mol. The van der Waals surface area contributed by atoms with Crippen LogP contribution in [0, 0.1) is 0 Å². The second kappa shape index (κ2) is 18.7. The number of hydrogen-bond acceptors (Lipinski definition) is 3. The Morgan fingerprint density at radius 3 is 1.56 bits per heavy atom. The molecule has 0 aliphatic rings. The van der Waals surface area contributed by atoms with Gasteiger partial charge in [0.15, 0.2) is 0 Å². The predicted octanol–water partition coefficient (Wildman–Crippen LogP) is 1.65. The second-order valence-corrected chi connectivity index (χ2v) is 2.45. The van der Waals surface area contributed by atoms with E-state index in [0.29, 0.717) is 5.75 Å². The zero-order chi connectivity index (χ0) is 13.4. The van der Waals surface area contributed by atoms with Gasteiger partial charge >= 0.3 is 6.03 Å². The maximum Gasteiger partial charge on any atom is 0.309 e. The Balaban J connectivity index is -0.000000163. The van der Waals surface area contributed by atoms with Crippen molar-refractivity contribution in [3.63, 3.8) is 0 Å². The zero-order valence-corrected chi connectivity index (χ0v) is 9.72. The van der Waals surface area contributed by atoms with Crippen molar-refractivity contribution in [2.75, 3.05) is 0 Å². The molecule has 0 aromatic heterocycles. The van der Waals surface area contributed by atoms with Crippen molar-refractivity contribution in [1.29, 1.82) is 0 Å². The first-order chi connectivity index (χ1) is 7.54. The van der Waals surface area contributed by atoms with Crippen LogP contribution in [0.1, 0.15) is 20.3 Å². The van der Waals surface area contributed by atoms with Gasteiger partial charge in [-0.05, 0) is 12.1 Å². The summed E-state index contributed by atoms with van der Waals surface area (Å²) < 4.78 is 0. The highest BCUT2D eigenvalue weighted by molar-refractivity contribution is 5.69. The SMILES string of the molecule is C=O.CCC.NC(N)=O.Oc1ccccc1. The number of phenols is 1. The summed E-state index contributed by atoms with van der Waals surface area (Å²) in [7, 11) is 0. The molecule has 0 bridgehead atoms. The van der Waals surface area contributed by atoms with Crippen LogP contribution in [0.2, 0.25) is 0 Å². The number of carbonyl (C=O) groups excluding carboxylic acids is 2. The summed E-state index contributed by atoms with van der Waals surface area (Å²) in [6.07, 6.45) is 1.25. The van der Waals surface area contributed by atoms with Gasteiger partial charge < -0.3 is 21.4 Å². The Labute approximate surface area is 96.1 Å². The molecular formula is C11H20N2O3. The normalized spacial score (nSPS) is 6.62. The summed E-state index contributed by atoms with van der Waals surface area (Å²) in [5.74, 6) is 0.322. The quantitative estimate of drug-likeness (QED) is 0.628. The number of para-hydroxylation sites is 1. The van der Waals surface area contributed by atoms with E-state index in [-0.39, 0.29) is 0 Å². The lowest BCUT2D eigenvalue weighted by atomic mass is 10.3. The van der Waals surface area contributed by atoms with Gasteiger partial charge in [0.2, 0.25) is 0 Å². The van der Waals surface area contributed by atoms with Gasteiger partial charge in [-0.3, -0.25) is 0 Å². The maximum absolute atomic E-state index is 9.00. The molecule has 1 rings (SSSR count). The van der Waals surface area contributed by atoms with Crippen LogP contribution in [0.25, 0.3) is 0 Å². The second-order valence-electron chi connectivity index (χ2n) is 2.45. The molecule has 16 heavy (non-hydrogen) atoms. The van der Waals surface area contributed by atoms with E-state index in [9.17, 15) is 0 Å². The van der Waals surface area contributed by atoms with E-state index in [0.717, 1.165) is 0 Å². The molecule has 5 N–H and O–H groups in total. The molecule has 1 aromatic rings.